The molecular formula is C8H3Cl2NO. The van der Waals surface area contributed by atoms with Crippen molar-refractivity contribution in [3.63, 3.8) is 0 Å². The number of nitrogens with zero attached hydrogens (tertiary/aromatic N) is 1. The molecule has 1 aromatic rings. The number of hydrogen-bond donors (Lipinski definition) is 0. The van der Waals surface area contributed by atoms with Crippen molar-refractivity contribution in [2.24, 2.45) is 0 Å². The molecule has 12 heavy (non-hydrogen) atoms. The van der Waals surface area contributed by atoms with Crippen LogP contribution >= 0.6 is 23.2 Å². The lowest BCUT2D eigenvalue weighted by Gasteiger charge is -1.98. The van der Waals surface area contributed by atoms with Crippen LogP contribution < -0.4 is 0 Å². The van der Waals surface area contributed by atoms with Gasteiger partial charge in [-0.2, -0.15) is 5.26 Å². The van der Waals surface area contributed by atoms with Crippen LogP contribution in [-0.4, -0.2) is 6.29 Å². The van der Waals surface area contributed by atoms with E-state index >= 15 is 0 Å². The van der Waals surface area contributed by atoms with Crippen LogP contribution in [0, 0.1) is 11.3 Å². The lowest BCUT2D eigenvalue weighted by molar-refractivity contribution is 0.112. The van der Waals surface area contributed by atoms with Crippen LogP contribution in [-0.2, 0) is 0 Å². The van der Waals surface area contributed by atoms with Gasteiger partial charge in [0.25, 0.3) is 0 Å². The molecule has 4 heteroatoms. The van der Waals surface area contributed by atoms with E-state index in [9.17, 15) is 4.79 Å². The van der Waals surface area contributed by atoms with Gasteiger partial charge in [-0.25, -0.2) is 0 Å². The summed E-state index contributed by atoms with van der Waals surface area (Å²) < 4.78 is 0. The normalized spacial score (nSPS) is 9.08. The van der Waals surface area contributed by atoms with Gasteiger partial charge < -0.3 is 0 Å². The van der Waals surface area contributed by atoms with Crippen molar-refractivity contribution in [1.29, 1.82) is 5.26 Å². The molecule has 1 rings (SSSR count). The minimum absolute atomic E-state index is 0.185. The summed E-state index contributed by atoms with van der Waals surface area (Å²) >= 11 is 11.3. The second-order valence-electron chi connectivity index (χ2n) is 2.09. The van der Waals surface area contributed by atoms with Crippen molar-refractivity contribution in [1.82, 2.24) is 0 Å². The Morgan fingerprint density at radius 2 is 2.08 bits per heavy atom. The van der Waals surface area contributed by atoms with Crippen molar-refractivity contribution in [2.45, 2.75) is 0 Å². The SMILES string of the molecule is N#Cc1cc(C=O)cc(Cl)c1Cl. The average molecular weight is 200 g/mol. The molecule has 0 heterocycles. The van der Waals surface area contributed by atoms with E-state index in [1.807, 2.05) is 6.07 Å². The molecule has 60 valence electrons. The summed E-state index contributed by atoms with van der Waals surface area (Å²) in [5.41, 5.74) is 0.562. The molecule has 0 spiro atoms. The lowest BCUT2D eigenvalue weighted by Crippen LogP contribution is -1.84. The number of benzene rings is 1. The van der Waals surface area contributed by atoms with E-state index in [4.69, 9.17) is 28.5 Å². The maximum absolute atomic E-state index is 10.3. The summed E-state index contributed by atoms with van der Waals surface area (Å²) in [5, 5.41) is 8.96. The topological polar surface area (TPSA) is 40.9 Å². The summed E-state index contributed by atoms with van der Waals surface area (Å²) in [7, 11) is 0. The van der Waals surface area contributed by atoms with E-state index in [0.717, 1.165) is 0 Å². The average Bonchev–Trinajstić information content (AvgIpc) is 2.09. The van der Waals surface area contributed by atoms with Gasteiger partial charge in [-0.3, -0.25) is 4.79 Å². The van der Waals surface area contributed by atoms with E-state index in [-0.39, 0.29) is 15.6 Å². The van der Waals surface area contributed by atoms with Crippen LogP contribution in [0.3, 0.4) is 0 Å². The number of carbonyl (C=O) groups is 1. The number of carbonyl (C=O) groups excluding carboxylic acids is 1. The van der Waals surface area contributed by atoms with Crippen molar-refractivity contribution in [2.75, 3.05) is 0 Å². The molecule has 1 aromatic carbocycles. The van der Waals surface area contributed by atoms with Crippen molar-refractivity contribution in [3.05, 3.63) is 33.3 Å². The summed E-state index contributed by atoms with van der Waals surface area (Å²) in [5.74, 6) is 0. The molecular weight excluding hydrogens is 197 g/mol. The van der Waals surface area contributed by atoms with Crippen molar-refractivity contribution >= 4 is 29.5 Å². The maximum atomic E-state index is 10.3. The first-order valence-electron chi connectivity index (χ1n) is 3.03. The van der Waals surface area contributed by atoms with E-state index in [1.165, 1.54) is 12.1 Å². The highest BCUT2D eigenvalue weighted by atomic mass is 35.5. The Bertz CT molecular complexity index is 368. The monoisotopic (exact) mass is 199 g/mol. The predicted molar refractivity (Wildman–Crippen MR) is 46.6 cm³/mol. The summed E-state index contributed by atoms with van der Waals surface area (Å²) in [6.07, 6.45) is 0.614. The summed E-state index contributed by atoms with van der Waals surface area (Å²) in [4.78, 5) is 10.3. The van der Waals surface area contributed by atoms with Gasteiger partial charge in [0.2, 0.25) is 0 Å². The van der Waals surface area contributed by atoms with Gasteiger partial charge in [0.1, 0.15) is 12.4 Å². The zero-order valence-electron chi connectivity index (χ0n) is 5.84. The van der Waals surface area contributed by atoms with Crippen LogP contribution in [0.5, 0.6) is 0 Å². The number of rotatable bonds is 1. The molecule has 0 radical (unpaired) electrons. The third-order valence-electron chi connectivity index (χ3n) is 1.31. The molecule has 0 amide bonds. The third kappa shape index (κ3) is 1.58. The number of halogens is 2. The highest BCUT2D eigenvalue weighted by Gasteiger charge is 2.05. The fourth-order valence-corrected chi connectivity index (χ4v) is 1.14. The van der Waals surface area contributed by atoms with Crippen LogP contribution in [0.1, 0.15) is 15.9 Å². The lowest BCUT2D eigenvalue weighted by atomic mass is 10.1. The zero-order chi connectivity index (χ0) is 9.14. The highest BCUT2D eigenvalue weighted by Crippen LogP contribution is 2.26. The smallest absolute Gasteiger partial charge is 0.150 e. The molecule has 0 bridgehead atoms. The van der Waals surface area contributed by atoms with Crippen molar-refractivity contribution < 1.29 is 4.79 Å². The molecule has 0 saturated carbocycles. The van der Waals surface area contributed by atoms with E-state index in [1.54, 1.807) is 0 Å². The van der Waals surface area contributed by atoms with Gasteiger partial charge in [-0.05, 0) is 12.1 Å². The number of hydrogen-bond acceptors (Lipinski definition) is 2. The highest BCUT2D eigenvalue weighted by molar-refractivity contribution is 6.42. The Balaban J connectivity index is 3.41. The minimum atomic E-state index is 0.185. The molecule has 0 atom stereocenters. The number of aldehydes is 1. The number of nitriles is 1. The van der Waals surface area contributed by atoms with Crippen LogP contribution in [0.2, 0.25) is 10.0 Å². The first-order chi connectivity index (χ1) is 5.69. The van der Waals surface area contributed by atoms with Gasteiger partial charge in [-0.15, -0.1) is 0 Å². The quantitative estimate of drug-likeness (QED) is 0.653. The molecule has 0 aliphatic heterocycles. The zero-order valence-corrected chi connectivity index (χ0v) is 7.36. The van der Waals surface area contributed by atoms with Gasteiger partial charge in [0.05, 0.1) is 15.6 Å². The Hall–Kier alpha value is -1.04. The Morgan fingerprint density at radius 3 is 2.58 bits per heavy atom. The second kappa shape index (κ2) is 3.57. The first kappa shape index (κ1) is 9.05. The molecule has 0 aliphatic carbocycles. The van der Waals surface area contributed by atoms with Crippen LogP contribution in [0.25, 0.3) is 0 Å². The van der Waals surface area contributed by atoms with Crippen molar-refractivity contribution in [3.8, 4) is 6.07 Å². The molecule has 0 N–H and O–H groups in total. The molecule has 0 aromatic heterocycles. The fraction of sp³-hybridized carbons (Fsp3) is 0. The Labute approximate surface area is 79.3 Å². The van der Waals surface area contributed by atoms with Gasteiger partial charge in [0, 0.05) is 5.56 Å². The Morgan fingerprint density at radius 1 is 1.42 bits per heavy atom. The standard InChI is InChI=1S/C8H3Cl2NO/c9-7-2-5(4-12)1-6(3-11)8(7)10/h1-2,4H. The van der Waals surface area contributed by atoms with Gasteiger partial charge in [-0.1, -0.05) is 23.2 Å². The molecule has 0 unspecified atom stereocenters. The van der Waals surface area contributed by atoms with E-state index in [0.29, 0.717) is 11.8 Å². The molecule has 0 fully saturated rings. The molecule has 0 saturated heterocycles. The molecule has 0 aliphatic rings. The summed E-state index contributed by atoms with van der Waals surface area (Å²) in [6, 6.07) is 4.64. The predicted octanol–water partition coefficient (Wildman–Crippen LogP) is 2.68. The second-order valence-corrected chi connectivity index (χ2v) is 2.88. The largest absolute Gasteiger partial charge is 0.298 e. The minimum Gasteiger partial charge on any atom is -0.298 e. The van der Waals surface area contributed by atoms with Gasteiger partial charge in [0.15, 0.2) is 0 Å². The van der Waals surface area contributed by atoms with Gasteiger partial charge >= 0.3 is 0 Å². The van der Waals surface area contributed by atoms with Crippen LogP contribution in [0.15, 0.2) is 12.1 Å². The maximum Gasteiger partial charge on any atom is 0.150 e. The van der Waals surface area contributed by atoms with E-state index in [2.05, 4.69) is 0 Å². The Kier molecular flexibility index (Phi) is 2.69. The first-order valence-corrected chi connectivity index (χ1v) is 3.79. The molecule has 2 nitrogen and oxygen atoms in total. The van der Waals surface area contributed by atoms with E-state index < -0.39 is 0 Å². The summed E-state index contributed by atoms with van der Waals surface area (Å²) in [6.45, 7) is 0. The van der Waals surface area contributed by atoms with Crippen LogP contribution in [0.4, 0.5) is 0 Å². The third-order valence-corrected chi connectivity index (χ3v) is 2.11. The fourth-order valence-electron chi connectivity index (χ4n) is 0.759.